The SMILES string of the molecule is CCNc1ccc(C(=O)N(C)CC(C)(C)O)c(C)c1. The van der Waals surface area contributed by atoms with E-state index in [1.807, 2.05) is 32.0 Å². The third-order valence-electron chi connectivity index (χ3n) is 2.81. The first kappa shape index (κ1) is 15.5. The van der Waals surface area contributed by atoms with Gasteiger partial charge in [-0.25, -0.2) is 0 Å². The molecule has 19 heavy (non-hydrogen) atoms. The lowest BCUT2D eigenvalue weighted by Crippen LogP contribution is -2.39. The first-order valence-electron chi connectivity index (χ1n) is 6.57. The van der Waals surface area contributed by atoms with Gasteiger partial charge in [-0.15, -0.1) is 0 Å². The van der Waals surface area contributed by atoms with Gasteiger partial charge in [0.25, 0.3) is 5.91 Å². The van der Waals surface area contributed by atoms with Crippen LogP contribution in [-0.2, 0) is 0 Å². The van der Waals surface area contributed by atoms with E-state index in [0.29, 0.717) is 12.1 Å². The maximum Gasteiger partial charge on any atom is 0.253 e. The van der Waals surface area contributed by atoms with Crippen LogP contribution in [0.1, 0.15) is 36.7 Å². The van der Waals surface area contributed by atoms with Crippen LogP contribution in [0.3, 0.4) is 0 Å². The maximum atomic E-state index is 12.3. The first-order chi connectivity index (χ1) is 8.74. The summed E-state index contributed by atoms with van der Waals surface area (Å²) in [6, 6.07) is 5.70. The molecule has 0 aromatic heterocycles. The summed E-state index contributed by atoms with van der Waals surface area (Å²) in [5, 5.41) is 13.0. The number of hydrogen-bond donors (Lipinski definition) is 2. The number of carbonyl (C=O) groups is 1. The number of rotatable bonds is 5. The Kier molecular flexibility index (Phi) is 4.95. The van der Waals surface area contributed by atoms with Gasteiger partial charge in [0, 0.05) is 31.4 Å². The Hall–Kier alpha value is -1.55. The summed E-state index contributed by atoms with van der Waals surface area (Å²) in [6.45, 7) is 8.50. The van der Waals surface area contributed by atoms with E-state index in [1.165, 1.54) is 0 Å². The zero-order valence-electron chi connectivity index (χ0n) is 12.4. The molecular formula is C15H24N2O2. The van der Waals surface area contributed by atoms with Crippen LogP contribution in [0.5, 0.6) is 0 Å². The van der Waals surface area contributed by atoms with Crippen molar-refractivity contribution < 1.29 is 9.90 Å². The molecule has 1 amide bonds. The largest absolute Gasteiger partial charge is 0.389 e. The van der Waals surface area contributed by atoms with Crippen LogP contribution in [0, 0.1) is 6.92 Å². The molecule has 0 atom stereocenters. The monoisotopic (exact) mass is 264 g/mol. The lowest BCUT2D eigenvalue weighted by Gasteiger charge is -2.26. The van der Waals surface area contributed by atoms with Crippen LogP contribution in [0.4, 0.5) is 5.69 Å². The second-order valence-corrected chi connectivity index (χ2v) is 5.53. The molecule has 1 rings (SSSR count). The molecule has 0 saturated carbocycles. The minimum atomic E-state index is -0.887. The summed E-state index contributed by atoms with van der Waals surface area (Å²) in [6.07, 6.45) is 0. The van der Waals surface area contributed by atoms with E-state index in [0.717, 1.165) is 17.8 Å². The molecule has 0 heterocycles. The van der Waals surface area contributed by atoms with Crippen molar-refractivity contribution in [3.8, 4) is 0 Å². The van der Waals surface area contributed by atoms with Crippen molar-refractivity contribution in [1.82, 2.24) is 4.90 Å². The fourth-order valence-corrected chi connectivity index (χ4v) is 2.08. The highest BCUT2D eigenvalue weighted by Gasteiger charge is 2.21. The standard InChI is InChI=1S/C15H24N2O2/c1-6-16-12-7-8-13(11(2)9-12)14(18)17(5)10-15(3,4)19/h7-9,16,19H,6,10H2,1-5H3. The third-order valence-corrected chi connectivity index (χ3v) is 2.81. The van der Waals surface area contributed by atoms with E-state index < -0.39 is 5.60 Å². The van der Waals surface area contributed by atoms with Crippen LogP contribution >= 0.6 is 0 Å². The maximum absolute atomic E-state index is 12.3. The van der Waals surface area contributed by atoms with Gasteiger partial charge in [-0.05, 0) is 51.5 Å². The van der Waals surface area contributed by atoms with Gasteiger partial charge in [-0.3, -0.25) is 4.79 Å². The Labute approximate surface area is 115 Å². The van der Waals surface area contributed by atoms with Crippen molar-refractivity contribution >= 4 is 11.6 Å². The Balaban J connectivity index is 2.88. The molecule has 0 radical (unpaired) electrons. The number of nitrogens with zero attached hydrogens (tertiary/aromatic N) is 1. The Morgan fingerprint density at radius 1 is 1.42 bits per heavy atom. The summed E-state index contributed by atoms with van der Waals surface area (Å²) in [4.78, 5) is 13.9. The minimum absolute atomic E-state index is 0.0670. The van der Waals surface area contributed by atoms with Gasteiger partial charge in [0.15, 0.2) is 0 Å². The Bertz CT molecular complexity index is 450. The van der Waals surface area contributed by atoms with Gasteiger partial charge < -0.3 is 15.3 Å². The summed E-state index contributed by atoms with van der Waals surface area (Å²) in [5.41, 5.74) is 1.74. The Morgan fingerprint density at radius 2 is 2.05 bits per heavy atom. The van der Waals surface area contributed by atoms with Crippen LogP contribution in [0.2, 0.25) is 0 Å². The summed E-state index contributed by atoms with van der Waals surface area (Å²) in [5.74, 6) is -0.0670. The number of hydrogen-bond acceptors (Lipinski definition) is 3. The first-order valence-corrected chi connectivity index (χ1v) is 6.57. The molecule has 4 heteroatoms. The van der Waals surface area contributed by atoms with Crippen molar-refractivity contribution in [3.63, 3.8) is 0 Å². The fraction of sp³-hybridized carbons (Fsp3) is 0.533. The molecule has 0 saturated heterocycles. The molecule has 106 valence electrons. The van der Waals surface area contributed by atoms with Gasteiger partial charge >= 0.3 is 0 Å². The fourth-order valence-electron chi connectivity index (χ4n) is 2.08. The molecule has 0 fully saturated rings. The van der Waals surface area contributed by atoms with Crippen molar-refractivity contribution in [2.45, 2.75) is 33.3 Å². The number of likely N-dealkylation sites (N-methyl/N-ethyl adjacent to an activating group) is 1. The molecular weight excluding hydrogens is 240 g/mol. The molecule has 0 bridgehead atoms. The highest BCUT2D eigenvalue weighted by molar-refractivity contribution is 5.96. The zero-order chi connectivity index (χ0) is 14.6. The van der Waals surface area contributed by atoms with Gasteiger partial charge in [-0.2, -0.15) is 0 Å². The van der Waals surface area contributed by atoms with Crippen molar-refractivity contribution in [2.75, 3.05) is 25.5 Å². The summed E-state index contributed by atoms with van der Waals surface area (Å²) < 4.78 is 0. The Morgan fingerprint density at radius 3 is 2.53 bits per heavy atom. The predicted molar refractivity (Wildman–Crippen MR) is 78.6 cm³/mol. The molecule has 1 aromatic carbocycles. The molecule has 0 aliphatic carbocycles. The molecule has 0 spiro atoms. The van der Waals surface area contributed by atoms with E-state index in [2.05, 4.69) is 5.32 Å². The van der Waals surface area contributed by atoms with E-state index in [1.54, 1.807) is 25.8 Å². The number of anilines is 1. The van der Waals surface area contributed by atoms with Crippen LogP contribution in [-0.4, -0.2) is 41.7 Å². The predicted octanol–water partition coefficient (Wildman–Crippen LogP) is 2.27. The molecule has 4 nitrogen and oxygen atoms in total. The second-order valence-electron chi connectivity index (χ2n) is 5.53. The van der Waals surface area contributed by atoms with Gasteiger partial charge in [0.2, 0.25) is 0 Å². The molecule has 0 aliphatic rings. The third kappa shape index (κ3) is 4.56. The summed E-state index contributed by atoms with van der Waals surface area (Å²) in [7, 11) is 1.71. The number of aliphatic hydroxyl groups is 1. The van der Waals surface area contributed by atoms with E-state index in [4.69, 9.17) is 0 Å². The molecule has 0 unspecified atom stereocenters. The average Bonchev–Trinajstić information content (AvgIpc) is 2.26. The lowest BCUT2D eigenvalue weighted by molar-refractivity contribution is 0.0367. The van der Waals surface area contributed by atoms with Crippen LogP contribution in [0.15, 0.2) is 18.2 Å². The van der Waals surface area contributed by atoms with E-state index in [9.17, 15) is 9.90 Å². The normalized spacial score (nSPS) is 11.3. The number of amides is 1. The molecule has 2 N–H and O–H groups in total. The van der Waals surface area contributed by atoms with Gasteiger partial charge in [-0.1, -0.05) is 0 Å². The highest BCUT2D eigenvalue weighted by atomic mass is 16.3. The number of nitrogens with one attached hydrogen (secondary N) is 1. The topological polar surface area (TPSA) is 52.6 Å². The zero-order valence-corrected chi connectivity index (χ0v) is 12.4. The van der Waals surface area contributed by atoms with Crippen molar-refractivity contribution in [1.29, 1.82) is 0 Å². The van der Waals surface area contributed by atoms with Crippen molar-refractivity contribution in [2.24, 2.45) is 0 Å². The highest BCUT2D eigenvalue weighted by Crippen LogP contribution is 2.17. The van der Waals surface area contributed by atoms with Gasteiger partial charge in [0.05, 0.1) is 5.60 Å². The van der Waals surface area contributed by atoms with Crippen molar-refractivity contribution in [3.05, 3.63) is 29.3 Å². The number of carbonyl (C=O) groups excluding carboxylic acids is 1. The number of aryl methyl sites for hydroxylation is 1. The lowest BCUT2D eigenvalue weighted by atomic mass is 10.1. The average molecular weight is 264 g/mol. The smallest absolute Gasteiger partial charge is 0.253 e. The minimum Gasteiger partial charge on any atom is -0.389 e. The summed E-state index contributed by atoms with van der Waals surface area (Å²) >= 11 is 0. The van der Waals surface area contributed by atoms with E-state index in [-0.39, 0.29) is 5.91 Å². The van der Waals surface area contributed by atoms with Crippen LogP contribution in [0.25, 0.3) is 0 Å². The molecule has 1 aromatic rings. The van der Waals surface area contributed by atoms with Crippen LogP contribution < -0.4 is 5.32 Å². The quantitative estimate of drug-likeness (QED) is 0.858. The van der Waals surface area contributed by atoms with Gasteiger partial charge in [0.1, 0.15) is 0 Å². The van der Waals surface area contributed by atoms with E-state index >= 15 is 0 Å². The number of benzene rings is 1. The molecule has 0 aliphatic heterocycles. The second kappa shape index (κ2) is 6.06.